The number of carboxylic acids is 2. The average Bonchev–Trinajstić information content (AvgIpc) is 2.57. The number of aromatic hydroxyl groups is 1. The molecule has 0 aliphatic heterocycles. The lowest BCUT2D eigenvalue weighted by Gasteiger charge is -2.07. The van der Waals surface area contributed by atoms with E-state index in [1.54, 1.807) is 24.3 Å². The summed E-state index contributed by atoms with van der Waals surface area (Å²) in [6, 6.07) is 9.40. The molecule has 0 radical (unpaired) electrons. The minimum atomic E-state index is -1.20. The summed E-state index contributed by atoms with van der Waals surface area (Å²) < 4.78 is 0. The van der Waals surface area contributed by atoms with E-state index < -0.39 is 18.0 Å². The van der Waals surface area contributed by atoms with Gasteiger partial charge in [-0.25, -0.2) is 4.79 Å². The van der Waals surface area contributed by atoms with Crippen LogP contribution in [0, 0.1) is 0 Å². The number of carbonyl (C=O) groups excluding carboxylic acids is 1. The van der Waals surface area contributed by atoms with Gasteiger partial charge in [0, 0.05) is 17.7 Å². The van der Waals surface area contributed by atoms with Crippen LogP contribution >= 0.6 is 0 Å². The van der Waals surface area contributed by atoms with Crippen molar-refractivity contribution in [2.24, 2.45) is 5.73 Å². The van der Waals surface area contributed by atoms with Gasteiger partial charge in [0.15, 0.2) is 5.78 Å². The molecule has 2 aromatic carbocycles. The number of nitrogens with two attached hydrogens (primary N) is 3. The van der Waals surface area contributed by atoms with Crippen molar-refractivity contribution in [2.75, 3.05) is 11.5 Å². The Hall–Kier alpha value is -3.59. The molecule has 9 N–H and O–H groups in total. The van der Waals surface area contributed by atoms with Crippen molar-refractivity contribution >= 4 is 29.1 Å². The number of carbonyl (C=O) groups is 3. The number of benzene rings is 2. The number of aromatic carboxylic acids is 1. The smallest absolute Gasteiger partial charge is 0.337 e. The Morgan fingerprint density at radius 1 is 0.923 bits per heavy atom. The van der Waals surface area contributed by atoms with Gasteiger partial charge in [0.05, 0.1) is 11.3 Å². The molecule has 9 heteroatoms. The topological polar surface area (TPSA) is 190 Å². The third kappa shape index (κ3) is 5.49. The lowest BCUT2D eigenvalue weighted by atomic mass is 10.0. The van der Waals surface area contributed by atoms with Gasteiger partial charge in [-0.1, -0.05) is 18.2 Å². The predicted molar refractivity (Wildman–Crippen MR) is 94.9 cm³/mol. The summed E-state index contributed by atoms with van der Waals surface area (Å²) in [6.45, 7) is 0. The Bertz CT molecular complexity index is 822. The molecule has 0 fully saturated rings. The molecular formula is C17H19N3O6. The van der Waals surface area contributed by atoms with E-state index in [0.29, 0.717) is 11.3 Å². The maximum atomic E-state index is 11.6. The Labute approximate surface area is 148 Å². The standard InChI is InChI=1S/C10H12N2O3.C7H7NO3/c11-7-4-2-1-3-6(7)9(13)5-8(12)10(14)15;8-6-4(7(10)11)2-1-3-5(6)9/h1-4,8H,5,11-12H2,(H,14,15);1-3,9H,8H2,(H,10,11). The molecule has 0 bridgehead atoms. The monoisotopic (exact) mass is 361 g/mol. The molecule has 9 nitrogen and oxygen atoms in total. The van der Waals surface area contributed by atoms with Gasteiger partial charge in [-0.2, -0.15) is 0 Å². The highest BCUT2D eigenvalue weighted by Gasteiger charge is 2.18. The van der Waals surface area contributed by atoms with Gasteiger partial charge in [-0.05, 0) is 24.3 Å². The number of carboxylic acid groups (broad SMARTS) is 2. The first-order chi connectivity index (χ1) is 12.1. The molecule has 0 saturated carbocycles. The van der Waals surface area contributed by atoms with Crippen molar-refractivity contribution in [3.05, 3.63) is 53.6 Å². The van der Waals surface area contributed by atoms with Crippen molar-refractivity contribution in [1.29, 1.82) is 0 Å². The van der Waals surface area contributed by atoms with E-state index >= 15 is 0 Å². The Morgan fingerprint density at radius 3 is 2.00 bits per heavy atom. The van der Waals surface area contributed by atoms with Crippen LogP contribution in [0.2, 0.25) is 0 Å². The van der Waals surface area contributed by atoms with Gasteiger partial charge in [0.2, 0.25) is 0 Å². The Balaban J connectivity index is 0.000000273. The molecule has 0 saturated heterocycles. The molecule has 0 spiro atoms. The van der Waals surface area contributed by atoms with Crippen LogP contribution in [0.1, 0.15) is 27.1 Å². The number of para-hydroxylation sites is 2. The number of anilines is 2. The van der Waals surface area contributed by atoms with E-state index in [0.717, 1.165) is 0 Å². The van der Waals surface area contributed by atoms with Crippen LogP contribution in [0.4, 0.5) is 11.4 Å². The van der Waals surface area contributed by atoms with E-state index in [1.807, 2.05) is 0 Å². The minimum absolute atomic E-state index is 0.0787. The summed E-state index contributed by atoms with van der Waals surface area (Å²) in [6.07, 6.45) is -0.246. The summed E-state index contributed by atoms with van der Waals surface area (Å²) in [5, 5.41) is 26.0. The second kappa shape index (κ2) is 9.04. The van der Waals surface area contributed by atoms with Crippen molar-refractivity contribution < 1.29 is 29.7 Å². The quantitative estimate of drug-likeness (QED) is 0.255. The highest BCUT2D eigenvalue weighted by molar-refractivity contribution is 6.02. The predicted octanol–water partition coefficient (Wildman–Crippen LogP) is 0.926. The molecule has 0 aliphatic carbocycles. The van der Waals surface area contributed by atoms with Crippen LogP contribution < -0.4 is 17.2 Å². The molecule has 26 heavy (non-hydrogen) atoms. The number of ketones is 1. The fourth-order valence-corrected chi connectivity index (χ4v) is 1.89. The summed E-state index contributed by atoms with van der Waals surface area (Å²) in [7, 11) is 0. The van der Waals surface area contributed by atoms with Crippen molar-refractivity contribution in [3.8, 4) is 5.75 Å². The van der Waals surface area contributed by atoms with Gasteiger partial charge in [0.1, 0.15) is 11.8 Å². The third-order valence-electron chi connectivity index (χ3n) is 3.30. The van der Waals surface area contributed by atoms with Crippen LogP contribution in [0.5, 0.6) is 5.75 Å². The molecule has 0 aromatic heterocycles. The summed E-state index contributed by atoms with van der Waals surface area (Å²) in [4.78, 5) is 32.4. The summed E-state index contributed by atoms with van der Waals surface area (Å²) >= 11 is 0. The highest BCUT2D eigenvalue weighted by atomic mass is 16.4. The van der Waals surface area contributed by atoms with Gasteiger partial charge in [-0.3, -0.25) is 9.59 Å². The number of phenolic OH excluding ortho intramolecular Hbond substituents is 1. The molecule has 0 amide bonds. The van der Waals surface area contributed by atoms with E-state index in [2.05, 4.69) is 0 Å². The van der Waals surface area contributed by atoms with Crippen LogP contribution in [-0.2, 0) is 4.79 Å². The number of aliphatic carboxylic acids is 1. The van der Waals surface area contributed by atoms with E-state index in [4.69, 9.17) is 32.5 Å². The summed E-state index contributed by atoms with van der Waals surface area (Å²) in [5.74, 6) is -2.90. The molecule has 1 unspecified atom stereocenters. The zero-order valence-electron chi connectivity index (χ0n) is 13.6. The van der Waals surface area contributed by atoms with Crippen LogP contribution in [0.25, 0.3) is 0 Å². The van der Waals surface area contributed by atoms with Crippen LogP contribution in [0.15, 0.2) is 42.5 Å². The number of hydrogen-bond acceptors (Lipinski definition) is 7. The molecule has 2 aromatic rings. The zero-order valence-corrected chi connectivity index (χ0v) is 13.6. The summed E-state index contributed by atoms with van der Waals surface area (Å²) in [5.41, 5.74) is 16.5. The van der Waals surface area contributed by atoms with Gasteiger partial charge < -0.3 is 32.5 Å². The maximum absolute atomic E-state index is 11.6. The maximum Gasteiger partial charge on any atom is 0.337 e. The Morgan fingerprint density at radius 2 is 1.50 bits per heavy atom. The average molecular weight is 361 g/mol. The Kier molecular flexibility index (Phi) is 7.11. The molecule has 0 aliphatic rings. The second-order valence-electron chi connectivity index (χ2n) is 5.20. The van der Waals surface area contributed by atoms with E-state index in [9.17, 15) is 14.4 Å². The van der Waals surface area contributed by atoms with Gasteiger partial charge in [-0.15, -0.1) is 0 Å². The third-order valence-corrected chi connectivity index (χ3v) is 3.30. The zero-order chi connectivity index (χ0) is 19.9. The lowest BCUT2D eigenvalue weighted by Crippen LogP contribution is -2.32. The largest absolute Gasteiger partial charge is 0.506 e. The van der Waals surface area contributed by atoms with E-state index in [-0.39, 0.29) is 29.2 Å². The molecule has 1 atom stereocenters. The van der Waals surface area contributed by atoms with Crippen molar-refractivity contribution in [1.82, 2.24) is 0 Å². The molecule has 138 valence electrons. The van der Waals surface area contributed by atoms with Crippen molar-refractivity contribution in [2.45, 2.75) is 12.5 Å². The first-order valence-electron chi connectivity index (χ1n) is 7.32. The number of hydrogen-bond donors (Lipinski definition) is 6. The molecule has 2 rings (SSSR count). The van der Waals surface area contributed by atoms with Crippen LogP contribution in [-0.4, -0.2) is 39.1 Å². The van der Waals surface area contributed by atoms with Crippen LogP contribution in [0.3, 0.4) is 0 Å². The fraction of sp³-hybridized carbons (Fsp3) is 0.118. The van der Waals surface area contributed by atoms with Gasteiger partial charge in [0.25, 0.3) is 0 Å². The second-order valence-corrected chi connectivity index (χ2v) is 5.20. The number of nitrogen functional groups attached to an aromatic ring is 2. The normalized spacial score (nSPS) is 11.0. The fourth-order valence-electron chi connectivity index (χ4n) is 1.89. The number of rotatable bonds is 5. The number of phenols is 1. The molecular weight excluding hydrogens is 342 g/mol. The first-order valence-corrected chi connectivity index (χ1v) is 7.32. The SMILES string of the molecule is Nc1c(O)cccc1C(=O)O.Nc1ccccc1C(=O)CC(N)C(=O)O. The van der Waals surface area contributed by atoms with Crippen molar-refractivity contribution in [3.63, 3.8) is 0 Å². The first kappa shape index (κ1) is 20.5. The molecule has 0 heterocycles. The van der Waals surface area contributed by atoms with E-state index in [1.165, 1.54) is 18.2 Å². The minimum Gasteiger partial charge on any atom is -0.506 e. The number of Topliss-reactive ketones (excluding diaryl/α,β-unsaturated/α-hetero) is 1. The lowest BCUT2D eigenvalue weighted by molar-refractivity contribution is -0.138. The highest BCUT2D eigenvalue weighted by Crippen LogP contribution is 2.22. The van der Waals surface area contributed by atoms with Gasteiger partial charge >= 0.3 is 11.9 Å².